The van der Waals surface area contributed by atoms with Crippen molar-refractivity contribution in [3.63, 3.8) is 0 Å². The minimum absolute atomic E-state index is 1.06. The average Bonchev–Trinajstić information content (AvgIpc) is 2.04. The Hall–Kier alpha value is 0.160. The molecular formula is C10H8I2. The van der Waals surface area contributed by atoms with Crippen molar-refractivity contribution in [3.05, 3.63) is 48.6 Å². The first-order chi connectivity index (χ1) is 5.63. The largest absolute Gasteiger partial charge is 0.0850 e. The molecule has 1 aromatic carbocycles. The summed E-state index contributed by atoms with van der Waals surface area (Å²) >= 11 is 4.46. The van der Waals surface area contributed by atoms with E-state index in [0.29, 0.717) is 0 Å². The van der Waals surface area contributed by atoms with Crippen LogP contribution in [0.25, 0.3) is 7.16 Å². The number of benzene rings is 1. The summed E-state index contributed by atoms with van der Waals surface area (Å²) in [6.45, 7) is 7.82. The molecule has 0 heterocycles. The maximum Gasteiger partial charge on any atom is 0.0137 e. The van der Waals surface area contributed by atoms with Crippen LogP contribution in [0.15, 0.2) is 37.4 Å². The van der Waals surface area contributed by atoms with Crippen molar-refractivity contribution in [1.82, 2.24) is 0 Å². The molecule has 0 aliphatic rings. The quantitative estimate of drug-likeness (QED) is 0.662. The van der Waals surface area contributed by atoms with Crippen LogP contribution in [-0.4, -0.2) is 0 Å². The van der Waals surface area contributed by atoms with Gasteiger partial charge in [-0.2, -0.15) is 0 Å². The van der Waals surface area contributed by atoms with E-state index in [2.05, 4.69) is 70.5 Å². The highest BCUT2D eigenvalue weighted by atomic mass is 127. The first-order valence-electron chi connectivity index (χ1n) is 3.41. The van der Waals surface area contributed by atoms with Gasteiger partial charge in [0.2, 0.25) is 0 Å². The molecule has 0 nitrogen and oxygen atoms in total. The predicted octanol–water partition coefficient (Wildman–Crippen LogP) is 4.50. The van der Waals surface area contributed by atoms with E-state index in [1.54, 1.807) is 0 Å². The molecule has 1 rings (SSSR count). The Morgan fingerprint density at radius 3 is 1.50 bits per heavy atom. The molecule has 0 atom stereocenters. The van der Waals surface area contributed by atoms with Gasteiger partial charge in [0.05, 0.1) is 0 Å². The van der Waals surface area contributed by atoms with Crippen LogP contribution in [0.3, 0.4) is 0 Å². The molecular weight excluding hydrogens is 374 g/mol. The highest BCUT2D eigenvalue weighted by molar-refractivity contribution is 14.1. The van der Waals surface area contributed by atoms with E-state index in [-0.39, 0.29) is 0 Å². The maximum absolute atomic E-state index is 3.91. The Morgan fingerprint density at radius 1 is 0.917 bits per heavy atom. The smallest absolute Gasteiger partial charge is 0.0137 e. The highest BCUT2D eigenvalue weighted by Crippen LogP contribution is 2.30. The molecule has 0 fully saturated rings. The fourth-order valence-corrected chi connectivity index (χ4v) is 1.90. The summed E-state index contributed by atoms with van der Waals surface area (Å²) in [5, 5.41) is 0. The van der Waals surface area contributed by atoms with Crippen LogP contribution in [0.1, 0.15) is 11.1 Å². The molecule has 12 heavy (non-hydrogen) atoms. The lowest BCUT2D eigenvalue weighted by atomic mass is 10.1. The zero-order chi connectivity index (χ0) is 9.14. The summed E-state index contributed by atoms with van der Waals surface area (Å²) in [7, 11) is 0. The number of rotatable bonds is 2. The van der Waals surface area contributed by atoms with Gasteiger partial charge in [0, 0.05) is 7.16 Å². The van der Waals surface area contributed by atoms with Crippen LogP contribution in [0.4, 0.5) is 0 Å². The zero-order valence-electron chi connectivity index (χ0n) is 6.48. The summed E-state index contributed by atoms with van der Waals surface area (Å²) in [6, 6.07) is 8.16. The second-order valence-electron chi connectivity index (χ2n) is 2.36. The normalized spacial score (nSPS) is 9.50. The van der Waals surface area contributed by atoms with Gasteiger partial charge in [-0.25, -0.2) is 0 Å². The van der Waals surface area contributed by atoms with Gasteiger partial charge in [0.25, 0.3) is 0 Å². The minimum Gasteiger partial charge on any atom is -0.0850 e. The van der Waals surface area contributed by atoms with Gasteiger partial charge in [0.1, 0.15) is 0 Å². The third-order valence-corrected chi connectivity index (χ3v) is 2.67. The Bertz CT molecular complexity index is 293. The molecule has 0 amide bonds. The fourth-order valence-electron chi connectivity index (χ4n) is 0.956. The Morgan fingerprint density at radius 2 is 1.25 bits per heavy atom. The van der Waals surface area contributed by atoms with E-state index in [1.807, 2.05) is 12.1 Å². The molecule has 1 aromatic rings. The average molecular weight is 382 g/mol. The van der Waals surface area contributed by atoms with Crippen molar-refractivity contribution in [2.24, 2.45) is 0 Å². The lowest BCUT2D eigenvalue weighted by Gasteiger charge is -2.05. The van der Waals surface area contributed by atoms with Gasteiger partial charge < -0.3 is 0 Å². The summed E-state index contributed by atoms with van der Waals surface area (Å²) in [4.78, 5) is 0. The SMILES string of the molecule is C=C(I)c1ccccc1C(=C)I. The predicted molar refractivity (Wildman–Crippen MR) is 72.6 cm³/mol. The summed E-state index contributed by atoms with van der Waals surface area (Å²) < 4.78 is 2.11. The van der Waals surface area contributed by atoms with Gasteiger partial charge in [-0.1, -0.05) is 37.4 Å². The molecule has 2 heteroatoms. The van der Waals surface area contributed by atoms with Crippen molar-refractivity contribution in [1.29, 1.82) is 0 Å². The maximum atomic E-state index is 3.91. The first kappa shape index (κ1) is 10.2. The number of hydrogen-bond acceptors (Lipinski definition) is 0. The van der Waals surface area contributed by atoms with Gasteiger partial charge >= 0.3 is 0 Å². The molecule has 0 radical (unpaired) electrons. The van der Waals surface area contributed by atoms with Gasteiger partial charge in [-0.05, 0) is 56.3 Å². The molecule has 0 spiro atoms. The topological polar surface area (TPSA) is 0 Å². The Labute approximate surface area is 100 Å². The van der Waals surface area contributed by atoms with E-state index < -0.39 is 0 Å². The van der Waals surface area contributed by atoms with Crippen molar-refractivity contribution in [2.75, 3.05) is 0 Å². The molecule has 0 saturated carbocycles. The molecule has 0 saturated heterocycles. The van der Waals surface area contributed by atoms with Gasteiger partial charge in [-0.3, -0.25) is 0 Å². The van der Waals surface area contributed by atoms with Crippen LogP contribution in [0.2, 0.25) is 0 Å². The minimum atomic E-state index is 1.06. The van der Waals surface area contributed by atoms with Crippen LogP contribution in [0, 0.1) is 0 Å². The lowest BCUT2D eigenvalue weighted by molar-refractivity contribution is 1.61. The number of hydrogen-bond donors (Lipinski definition) is 0. The zero-order valence-corrected chi connectivity index (χ0v) is 10.8. The third kappa shape index (κ3) is 2.32. The van der Waals surface area contributed by atoms with Crippen molar-refractivity contribution in [3.8, 4) is 0 Å². The van der Waals surface area contributed by atoms with E-state index in [0.717, 1.165) is 7.16 Å². The summed E-state index contributed by atoms with van der Waals surface area (Å²) in [5.41, 5.74) is 2.36. The van der Waals surface area contributed by atoms with Crippen LogP contribution in [0.5, 0.6) is 0 Å². The molecule has 0 N–H and O–H groups in total. The van der Waals surface area contributed by atoms with E-state index in [9.17, 15) is 0 Å². The van der Waals surface area contributed by atoms with Crippen molar-refractivity contribution >= 4 is 52.3 Å². The fraction of sp³-hybridized carbons (Fsp3) is 0. The second-order valence-corrected chi connectivity index (χ2v) is 4.96. The van der Waals surface area contributed by atoms with E-state index in [1.165, 1.54) is 11.1 Å². The Kier molecular flexibility index (Phi) is 3.77. The molecule has 0 aliphatic carbocycles. The number of halogens is 2. The molecule has 0 aromatic heterocycles. The highest BCUT2D eigenvalue weighted by Gasteiger charge is 2.03. The van der Waals surface area contributed by atoms with Crippen LogP contribution >= 0.6 is 45.2 Å². The standard InChI is InChI=1S/C10H8I2/c1-7(11)9-5-3-4-6-10(9)8(2)12/h3-6H,1-2H2. The van der Waals surface area contributed by atoms with Gasteiger partial charge in [0.15, 0.2) is 0 Å². The van der Waals surface area contributed by atoms with Crippen LogP contribution in [-0.2, 0) is 0 Å². The second kappa shape index (κ2) is 4.41. The first-order valence-corrected chi connectivity index (χ1v) is 5.57. The Balaban J connectivity index is 3.27. The lowest BCUT2D eigenvalue weighted by Crippen LogP contribution is -1.83. The molecule has 0 aliphatic heterocycles. The third-order valence-electron chi connectivity index (χ3n) is 1.51. The molecule has 0 bridgehead atoms. The monoisotopic (exact) mass is 382 g/mol. The molecule has 62 valence electrons. The van der Waals surface area contributed by atoms with E-state index >= 15 is 0 Å². The van der Waals surface area contributed by atoms with E-state index in [4.69, 9.17) is 0 Å². The van der Waals surface area contributed by atoms with Crippen molar-refractivity contribution < 1.29 is 0 Å². The van der Waals surface area contributed by atoms with Crippen molar-refractivity contribution in [2.45, 2.75) is 0 Å². The summed E-state index contributed by atoms with van der Waals surface area (Å²) in [5.74, 6) is 0. The molecule has 0 unspecified atom stereocenters. The summed E-state index contributed by atoms with van der Waals surface area (Å²) in [6.07, 6.45) is 0. The van der Waals surface area contributed by atoms with Crippen LogP contribution < -0.4 is 0 Å². The van der Waals surface area contributed by atoms with Gasteiger partial charge in [-0.15, -0.1) is 0 Å².